The van der Waals surface area contributed by atoms with Gasteiger partial charge in [-0.15, -0.1) is 0 Å². The number of aromatic nitrogens is 6. The molecule has 2 fully saturated rings. The SMILES string of the molecule is Nc1nc(NCc2cc3ncn(C4CCCCO4)c3cc2F)ncc1-c1cc(C2CC2)[nH]n1. The van der Waals surface area contributed by atoms with Crippen LogP contribution in [0.3, 0.4) is 0 Å². The zero-order valence-electron chi connectivity index (χ0n) is 18.1. The van der Waals surface area contributed by atoms with Gasteiger partial charge in [0.25, 0.3) is 0 Å². The van der Waals surface area contributed by atoms with Gasteiger partial charge in [-0.05, 0) is 44.2 Å². The van der Waals surface area contributed by atoms with Crippen LogP contribution in [0.1, 0.15) is 55.5 Å². The fourth-order valence-electron chi connectivity index (χ4n) is 4.33. The van der Waals surface area contributed by atoms with Gasteiger partial charge in [-0.3, -0.25) is 5.10 Å². The Morgan fingerprint density at radius 3 is 2.88 bits per heavy atom. The Labute approximate surface area is 189 Å². The number of benzene rings is 1. The van der Waals surface area contributed by atoms with Crippen LogP contribution in [0.25, 0.3) is 22.3 Å². The first-order chi connectivity index (χ1) is 16.2. The number of nitrogens with one attached hydrogen (secondary N) is 2. The second kappa shape index (κ2) is 8.11. The van der Waals surface area contributed by atoms with E-state index in [1.54, 1.807) is 18.6 Å². The molecule has 0 amide bonds. The first-order valence-electron chi connectivity index (χ1n) is 11.3. The molecule has 2 aliphatic rings. The summed E-state index contributed by atoms with van der Waals surface area (Å²) in [5.74, 6) is 0.905. The third kappa shape index (κ3) is 3.91. The normalized spacial score (nSPS) is 18.6. The van der Waals surface area contributed by atoms with Gasteiger partial charge in [0, 0.05) is 42.6 Å². The minimum absolute atomic E-state index is 0.0862. The fraction of sp³-hybridized carbons (Fsp3) is 0.391. The lowest BCUT2D eigenvalue weighted by molar-refractivity contribution is -0.0295. The topological polar surface area (TPSA) is 120 Å². The monoisotopic (exact) mass is 448 g/mol. The lowest BCUT2D eigenvalue weighted by Gasteiger charge is -2.24. The van der Waals surface area contributed by atoms with Gasteiger partial charge in [0.15, 0.2) is 0 Å². The van der Waals surface area contributed by atoms with Gasteiger partial charge in [-0.2, -0.15) is 10.1 Å². The summed E-state index contributed by atoms with van der Waals surface area (Å²) in [5.41, 5.74) is 10.6. The van der Waals surface area contributed by atoms with E-state index in [-0.39, 0.29) is 18.6 Å². The smallest absolute Gasteiger partial charge is 0.224 e. The molecule has 1 aliphatic carbocycles. The van der Waals surface area contributed by atoms with E-state index < -0.39 is 0 Å². The summed E-state index contributed by atoms with van der Waals surface area (Å²) in [6, 6.07) is 5.27. The molecule has 1 atom stereocenters. The summed E-state index contributed by atoms with van der Waals surface area (Å²) >= 11 is 0. The Bertz CT molecular complexity index is 1310. The van der Waals surface area contributed by atoms with Gasteiger partial charge in [0.1, 0.15) is 17.9 Å². The van der Waals surface area contributed by atoms with Crippen LogP contribution in [0.5, 0.6) is 0 Å². The van der Waals surface area contributed by atoms with Gasteiger partial charge >= 0.3 is 0 Å². The lowest BCUT2D eigenvalue weighted by atomic mass is 10.1. The van der Waals surface area contributed by atoms with Crippen molar-refractivity contribution in [3.63, 3.8) is 0 Å². The van der Waals surface area contributed by atoms with Crippen LogP contribution in [0.2, 0.25) is 0 Å². The number of nitrogen functional groups attached to an aromatic ring is 1. The first kappa shape index (κ1) is 20.1. The maximum Gasteiger partial charge on any atom is 0.224 e. The second-order valence-corrected chi connectivity index (χ2v) is 8.73. The zero-order valence-corrected chi connectivity index (χ0v) is 18.1. The minimum Gasteiger partial charge on any atom is -0.383 e. The maximum absolute atomic E-state index is 14.9. The molecule has 1 aliphatic heterocycles. The number of aromatic amines is 1. The molecule has 4 heterocycles. The molecule has 0 radical (unpaired) electrons. The van der Waals surface area contributed by atoms with Crippen LogP contribution in [0.4, 0.5) is 16.2 Å². The molecule has 4 N–H and O–H groups in total. The molecule has 6 rings (SSSR count). The second-order valence-electron chi connectivity index (χ2n) is 8.73. The van der Waals surface area contributed by atoms with Gasteiger partial charge in [-0.1, -0.05) is 0 Å². The number of halogens is 1. The van der Waals surface area contributed by atoms with Crippen molar-refractivity contribution in [2.75, 3.05) is 17.7 Å². The highest BCUT2D eigenvalue weighted by atomic mass is 19.1. The van der Waals surface area contributed by atoms with E-state index in [1.807, 2.05) is 10.6 Å². The number of nitrogens with zero attached hydrogens (tertiary/aromatic N) is 5. The minimum atomic E-state index is -0.318. The summed E-state index contributed by atoms with van der Waals surface area (Å²) in [4.78, 5) is 13.1. The van der Waals surface area contributed by atoms with Crippen LogP contribution in [-0.4, -0.2) is 36.3 Å². The van der Waals surface area contributed by atoms with Crippen molar-refractivity contribution < 1.29 is 9.13 Å². The van der Waals surface area contributed by atoms with Crippen molar-refractivity contribution in [1.29, 1.82) is 0 Å². The largest absolute Gasteiger partial charge is 0.383 e. The van der Waals surface area contributed by atoms with Crippen molar-refractivity contribution in [2.24, 2.45) is 0 Å². The molecule has 3 aromatic heterocycles. The van der Waals surface area contributed by atoms with E-state index in [9.17, 15) is 4.39 Å². The van der Waals surface area contributed by atoms with E-state index in [2.05, 4.69) is 30.5 Å². The van der Waals surface area contributed by atoms with Crippen molar-refractivity contribution in [3.8, 4) is 11.3 Å². The molecule has 4 aromatic rings. The lowest BCUT2D eigenvalue weighted by Crippen LogP contribution is -2.17. The number of rotatable bonds is 6. The highest BCUT2D eigenvalue weighted by Gasteiger charge is 2.26. The van der Waals surface area contributed by atoms with Gasteiger partial charge in [0.2, 0.25) is 5.95 Å². The van der Waals surface area contributed by atoms with Gasteiger partial charge in [0.05, 0.1) is 28.6 Å². The van der Waals surface area contributed by atoms with E-state index in [1.165, 1.54) is 18.9 Å². The van der Waals surface area contributed by atoms with Crippen molar-refractivity contribution in [1.82, 2.24) is 29.7 Å². The van der Waals surface area contributed by atoms with Crippen molar-refractivity contribution >= 4 is 22.8 Å². The van der Waals surface area contributed by atoms with E-state index >= 15 is 0 Å². The number of anilines is 2. The zero-order chi connectivity index (χ0) is 22.4. The summed E-state index contributed by atoms with van der Waals surface area (Å²) in [7, 11) is 0. The molecule has 1 aromatic carbocycles. The van der Waals surface area contributed by atoms with Crippen LogP contribution in [0, 0.1) is 5.82 Å². The first-order valence-corrected chi connectivity index (χ1v) is 11.3. The molecule has 1 unspecified atom stereocenters. The molecule has 1 saturated heterocycles. The third-order valence-electron chi connectivity index (χ3n) is 6.35. The number of imidazole rings is 1. The Morgan fingerprint density at radius 1 is 1.18 bits per heavy atom. The number of hydrogen-bond donors (Lipinski definition) is 3. The average Bonchev–Trinajstić information content (AvgIpc) is 3.42. The molecule has 1 saturated carbocycles. The average molecular weight is 449 g/mol. The van der Waals surface area contributed by atoms with Gasteiger partial charge in [-0.25, -0.2) is 14.4 Å². The summed E-state index contributed by atoms with van der Waals surface area (Å²) in [6.45, 7) is 0.931. The fourth-order valence-corrected chi connectivity index (χ4v) is 4.33. The molecule has 170 valence electrons. The highest BCUT2D eigenvalue weighted by Crippen LogP contribution is 2.40. The van der Waals surface area contributed by atoms with Crippen LogP contribution in [0.15, 0.2) is 30.7 Å². The number of hydrogen-bond acceptors (Lipinski definition) is 7. The molecule has 0 spiro atoms. The van der Waals surface area contributed by atoms with E-state index in [0.29, 0.717) is 28.8 Å². The predicted molar refractivity (Wildman–Crippen MR) is 122 cm³/mol. The molecular formula is C23H25FN8O. The quantitative estimate of drug-likeness (QED) is 0.406. The molecular weight excluding hydrogens is 423 g/mol. The molecule has 0 bridgehead atoms. The Hall–Kier alpha value is -3.53. The summed E-state index contributed by atoms with van der Waals surface area (Å²) in [6.07, 6.45) is 8.72. The molecule has 33 heavy (non-hydrogen) atoms. The highest BCUT2D eigenvalue weighted by molar-refractivity contribution is 5.76. The number of nitrogens with two attached hydrogens (primary N) is 1. The Balaban J connectivity index is 1.18. The maximum atomic E-state index is 14.9. The Morgan fingerprint density at radius 2 is 2.09 bits per heavy atom. The standard InChI is InChI=1S/C23H25FN8O/c24-16-8-20-19(28-12-32(20)21-3-1-2-6-33-21)7-14(16)10-26-23-27-11-15(22(25)29-23)18-9-17(30-31-18)13-4-5-13/h7-9,11-13,21H,1-6,10H2,(H,30,31)(H3,25,26,27,29). The van der Waals surface area contributed by atoms with Crippen LogP contribution >= 0.6 is 0 Å². The van der Waals surface area contributed by atoms with Gasteiger partial charge < -0.3 is 20.4 Å². The van der Waals surface area contributed by atoms with Crippen LogP contribution < -0.4 is 11.1 Å². The molecule has 10 heteroatoms. The number of ether oxygens (including phenoxy) is 1. The van der Waals surface area contributed by atoms with Crippen molar-refractivity contribution in [3.05, 3.63) is 47.8 Å². The van der Waals surface area contributed by atoms with E-state index in [0.717, 1.165) is 48.3 Å². The predicted octanol–water partition coefficient (Wildman–Crippen LogP) is 4.13. The summed E-state index contributed by atoms with van der Waals surface area (Å²) < 4.78 is 22.6. The van der Waals surface area contributed by atoms with Crippen molar-refractivity contribution in [2.45, 2.75) is 50.8 Å². The number of H-pyrrole nitrogens is 1. The van der Waals surface area contributed by atoms with Crippen LogP contribution in [-0.2, 0) is 11.3 Å². The number of fused-ring (bicyclic) bond motifs is 1. The molecule has 9 nitrogen and oxygen atoms in total. The summed E-state index contributed by atoms with van der Waals surface area (Å²) in [5, 5.41) is 10.5. The Kier molecular flexibility index (Phi) is 4.94. The third-order valence-corrected chi connectivity index (χ3v) is 6.35. The van der Waals surface area contributed by atoms with E-state index in [4.69, 9.17) is 10.5 Å².